The lowest BCUT2D eigenvalue weighted by Gasteiger charge is -2.58. The molecule has 0 amide bonds. The minimum Gasteiger partial charge on any atom is -0.366 e. The Labute approximate surface area is 113 Å². The summed E-state index contributed by atoms with van der Waals surface area (Å²) >= 11 is 0. The summed E-state index contributed by atoms with van der Waals surface area (Å²) in [7, 11) is 0. The highest BCUT2D eigenvalue weighted by atomic mass is 16.6. The van der Waals surface area contributed by atoms with E-state index in [1.807, 2.05) is 0 Å². The van der Waals surface area contributed by atoms with Crippen LogP contribution in [0.5, 0.6) is 0 Å². The van der Waals surface area contributed by atoms with Crippen LogP contribution in [0.1, 0.15) is 73.1 Å². The van der Waals surface area contributed by atoms with Crippen molar-refractivity contribution in [2.45, 2.75) is 84.8 Å². The van der Waals surface area contributed by atoms with Crippen molar-refractivity contribution in [2.75, 3.05) is 0 Å². The van der Waals surface area contributed by atoms with Crippen molar-refractivity contribution in [3.05, 3.63) is 0 Å². The molecular weight excluding hydrogens is 220 g/mol. The molecule has 1 heteroatoms. The molecule has 1 nitrogen and oxygen atoms in total. The Hall–Kier alpha value is -0.0400. The summed E-state index contributed by atoms with van der Waals surface area (Å²) in [4.78, 5) is 0. The number of fused-ring (bicyclic) bond motifs is 1. The Morgan fingerprint density at radius 2 is 1.83 bits per heavy atom. The van der Waals surface area contributed by atoms with E-state index >= 15 is 0 Å². The van der Waals surface area contributed by atoms with Crippen LogP contribution in [0.15, 0.2) is 0 Å². The zero-order valence-electron chi connectivity index (χ0n) is 12.9. The second-order valence-electron chi connectivity index (χ2n) is 8.13. The maximum Gasteiger partial charge on any atom is 0.0978 e. The maximum absolute atomic E-state index is 6.19. The molecule has 1 spiro atoms. The van der Waals surface area contributed by atoms with E-state index in [2.05, 4.69) is 34.6 Å². The Kier molecular flexibility index (Phi) is 2.70. The van der Waals surface area contributed by atoms with Crippen LogP contribution < -0.4 is 0 Å². The molecule has 2 aliphatic carbocycles. The van der Waals surface area contributed by atoms with E-state index in [4.69, 9.17) is 4.74 Å². The van der Waals surface area contributed by atoms with Crippen molar-refractivity contribution in [2.24, 2.45) is 22.7 Å². The van der Waals surface area contributed by atoms with Gasteiger partial charge in [0.15, 0.2) is 0 Å². The van der Waals surface area contributed by atoms with E-state index in [0.29, 0.717) is 16.9 Å². The van der Waals surface area contributed by atoms with Gasteiger partial charge in [0.2, 0.25) is 0 Å². The zero-order chi connectivity index (χ0) is 13.2. The molecule has 0 aromatic rings. The standard InChI is InChI=1S/C17H30O/c1-6-14-17(18-14)11-8-13-15(3,4)9-7-10-16(13,5)12(17)2/h12-14H,6-11H2,1-5H3. The summed E-state index contributed by atoms with van der Waals surface area (Å²) in [5.74, 6) is 1.65. The molecule has 1 saturated heterocycles. The average Bonchev–Trinajstić information content (AvgIpc) is 3.00. The SMILES string of the molecule is CCC1OC12CCC1C(C)(C)CCCC1(C)C2C. The van der Waals surface area contributed by atoms with Crippen molar-refractivity contribution in [3.63, 3.8) is 0 Å². The van der Waals surface area contributed by atoms with Gasteiger partial charge in [-0.25, -0.2) is 0 Å². The van der Waals surface area contributed by atoms with Crippen LogP contribution in [0.3, 0.4) is 0 Å². The summed E-state index contributed by atoms with van der Waals surface area (Å²) in [5, 5.41) is 0. The first-order valence-electron chi connectivity index (χ1n) is 8.04. The molecule has 0 aromatic carbocycles. The van der Waals surface area contributed by atoms with Gasteiger partial charge in [0.1, 0.15) is 0 Å². The van der Waals surface area contributed by atoms with Crippen LogP contribution in [0.4, 0.5) is 0 Å². The van der Waals surface area contributed by atoms with E-state index < -0.39 is 0 Å². The maximum atomic E-state index is 6.19. The Morgan fingerprint density at radius 1 is 1.11 bits per heavy atom. The van der Waals surface area contributed by atoms with E-state index in [9.17, 15) is 0 Å². The lowest BCUT2D eigenvalue weighted by atomic mass is 9.46. The number of rotatable bonds is 1. The van der Waals surface area contributed by atoms with Crippen molar-refractivity contribution in [1.82, 2.24) is 0 Å². The molecule has 1 aliphatic heterocycles. The molecule has 0 radical (unpaired) electrons. The fraction of sp³-hybridized carbons (Fsp3) is 1.00. The molecule has 0 aromatic heterocycles. The van der Waals surface area contributed by atoms with E-state index in [1.165, 1.54) is 38.5 Å². The first kappa shape index (κ1) is 13.0. The molecule has 2 saturated carbocycles. The van der Waals surface area contributed by atoms with Gasteiger partial charge in [0.25, 0.3) is 0 Å². The molecule has 1 heterocycles. The Balaban J connectivity index is 1.90. The van der Waals surface area contributed by atoms with Crippen LogP contribution in [0.25, 0.3) is 0 Å². The van der Waals surface area contributed by atoms with Crippen molar-refractivity contribution in [3.8, 4) is 0 Å². The molecule has 3 fully saturated rings. The summed E-state index contributed by atoms with van der Waals surface area (Å²) < 4.78 is 6.19. The van der Waals surface area contributed by atoms with Crippen LogP contribution in [0.2, 0.25) is 0 Å². The first-order valence-corrected chi connectivity index (χ1v) is 8.04. The highest BCUT2D eigenvalue weighted by Gasteiger charge is 2.67. The van der Waals surface area contributed by atoms with Crippen LogP contribution in [0, 0.1) is 22.7 Å². The molecule has 18 heavy (non-hydrogen) atoms. The molecule has 104 valence electrons. The van der Waals surface area contributed by atoms with Gasteiger partial charge in [-0.3, -0.25) is 0 Å². The van der Waals surface area contributed by atoms with Crippen molar-refractivity contribution >= 4 is 0 Å². The van der Waals surface area contributed by atoms with Gasteiger partial charge in [0.05, 0.1) is 11.7 Å². The molecule has 3 aliphatic rings. The largest absolute Gasteiger partial charge is 0.366 e. The topological polar surface area (TPSA) is 12.5 Å². The van der Waals surface area contributed by atoms with Gasteiger partial charge in [-0.05, 0) is 54.8 Å². The summed E-state index contributed by atoms with van der Waals surface area (Å²) in [5.41, 5.74) is 1.33. The molecule has 0 N–H and O–H groups in total. The highest BCUT2D eigenvalue weighted by molar-refractivity contribution is 5.16. The smallest absolute Gasteiger partial charge is 0.0978 e. The van der Waals surface area contributed by atoms with Gasteiger partial charge in [-0.1, -0.05) is 41.0 Å². The summed E-state index contributed by atoms with van der Waals surface area (Å²) in [6.07, 6.45) is 8.73. The second kappa shape index (κ2) is 3.75. The summed E-state index contributed by atoms with van der Waals surface area (Å²) in [6, 6.07) is 0. The lowest BCUT2D eigenvalue weighted by molar-refractivity contribution is -0.0983. The fourth-order valence-electron chi connectivity index (χ4n) is 5.81. The van der Waals surface area contributed by atoms with Gasteiger partial charge in [-0.2, -0.15) is 0 Å². The first-order chi connectivity index (χ1) is 8.37. The third kappa shape index (κ3) is 1.49. The van der Waals surface area contributed by atoms with Crippen LogP contribution in [-0.4, -0.2) is 11.7 Å². The molecule has 3 rings (SSSR count). The summed E-state index contributed by atoms with van der Waals surface area (Å²) in [6.45, 7) is 12.4. The minimum absolute atomic E-state index is 0.271. The third-order valence-electron chi connectivity index (χ3n) is 7.04. The van der Waals surface area contributed by atoms with Gasteiger partial charge >= 0.3 is 0 Å². The Morgan fingerprint density at radius 3 is 2.44 bits per heavy atom. The number of ether oxygens (including phenoxy) is 1. The van der Waals surface area contributed by atoms with Crippen LogP contribution >= 0.6 is 0 Å². The third-order valence-corrected chi connectivity index (χ3v) is 7.04. The van der Waals surface area contributed by atoms with Crippen molar-refractivity contribution < 1.29 is 4.74 Å². The highest BCUT2D eigenvalue weighted by Crippen LogP contribution is 2.67. The van der Waals surface area contributed by atoms with Gasteiger partial charge < -0.3 is 4.74 Å². The van der Waals surface area contributed by atoms with E-state index in [1.54, 1.807) is 0 Å². The predicted molar refractivity (Wildman–Crippen MR) is 75.5 cm³/mol. The van der Waals surface area contributed by atoms with E-state index in [0.717, 1.165) is 11.8 Å². The lowest BCUT2D eigenvalue weighted by Crippen LogP contribution is -2.54. The monoisotopic (exact) mass is 250 g/mol. The zero-order valence-corrected chi connectivity index (χ0v) is 12.9. The molecule has 5 atom stereocenters. The number of hydrogen-bond donors (Lipinski definition) is 0. The number of epoxide rings is 1. The van der Waals surface area contributed by atoms with E-state index in [-0.39, 0.29) is 5.60 Å². The Bertz CT molecular complexity index is 348. The average molecular weight is 250 g/mol. The number of hydrogen-bond acceptors (Lipinski definition) is 1. The van der Waals surface area contributed by atoms with Gasteiger partial charge in [-0.15, -0.1) is 0 Å². The fourth-order valence-corrected chi connectivity index (χ4v) is 5.81. The molecule has 5 unspecified atom stereocenters. The molecule has 0 bridgehead atoms. The quantitative estimate of drug-likeness (QED) is 0.609. The van der Waals surface area contributed by atoms with Crippen LogP contribution in [-0.2, 0) is 4.74 Å². The molecular formula is C17H30O. The second-order valence-corrected chi connectivity index (χ2v) is 8.13. The van der Waals surface area contributed by atoms with Gasteiger partial charge in [0, 0.05) is 0 Å². The predicted octanol–water partition coefficient (Wildman–Crippen LogP) is 4.80. The minimum atomic E-state index is 0.271. The normalized spacial score (nSPS) is 54.2. The van der Waals surface area contributed by atoms with Crippen molar-refractivity contribution in [1.29, 1.82) is 0 Å².